The van der Waals surface area contributed by atoms with Crippen molar-refractivity contribution in [3.8, 4) is 0 Å². The van der Waals surface area contributed by atoms with Gasteiger partial charge < -0.3 is 5.73 Å². The molecule has 0 amide bonds. The van der Waals surface area contributed by atoms with Crippen LogP contribution in [0.1, 0.15) is 56.9 Å². The second-order valence-corrected chi connectivity index (χ2v) is 5.50. The SMILES string of the molecule is CCCC=CC1CCC(c2ccc(N)cc2)CC1. The van der Waals surface area contributed by atoms with Crippen molar-refractivity contribution in [3.05, 3.63) is 42.0 Å². The van der Waals surface area contributed by atoms with Gasteiger partial charge in [-0.3, -0.25) is 0 Å². The molecular weight excluding hydrogens is 218 g/mol. The first kappa shape index (κ1) is 13.2. The zero-order valence-corrected chi connectivity index (χ0v) is 11.4. The van der Waals surface area contributed by atoms with Gasteiger partial charge in [0.2, 0.25) is 0 Å². The molecule has 0 atom stereocenters. The van der Waals surface area contributed by atoms with Gasteiger partial charge in [0.1, 0.15) is 0 Å². The minimum atomic E-state index is 0.751. The van der Waals surface area contributed by atoms with Crippen LogP contribution in [0.15, 0.2) is 36.4 Å². The van der Waals surface area contributed by atoms with Crippen molar-refractivity contribution >= 4 is 5.69 Å². The molecule has 1 heteroatoms. The van der Waals surface area contributed by atoms with Gasteiger partial charge in [0, 0.05) is 5.69 Å². The number of nitrogen functional groups attached to an aromatic ring is 1. The number of hydrogen-bond donors (Lipinski definition) is 1. The average Bonchev–Trinajstić information content (AvgIpc) is 2.41. The second-order valence-electron chi connectivity index (χ2n) is 5.50. The summed E-state index contributed by atoms with van der Waals surface area (Å²) in [5.41, 5.74) is 8.08. The Kier molecular flexibility index (Phi) is 4.86. The molecule has 0 unspecified atom stereocenters. The summed E-state index contributed by atoms with van der Waals surface area (Å²) in [5, 5.41) is 0. The Morgan fingerprint density at radius 3 is 2.39 bits per heavy atom. The van der Waals surface area contributed by atoms with E-state index in [1.165, 1.54) is 44.1 Å². The van der Waals surface area contributed by atoms with Gasteiger partial charge in [0.15, 0.2) is 0 Å². The lowest BCUT2D eigenvalue weighted by Crippen LogP contribution is -2.11. The molecule has 0 bridgehead atoms. The normalized spacial score (nSPS) is 24.5. The van der Waals surface area contributed by atoms with Crippen LogP contribution < -0.4 is 5.73 Å². The van der Waals surface area contributed by atoms with Crippen LogP contribution in [-0.2, 0) is 0 Å². The van der Waals surface area contributed by atoms with Crippen LogP contribution in [0.4, 0.5) is 5.69 Å². The minimum Gasteiger partial charge on any atom is -0.399 e. The molecule has 1 fully saturated rings. The lowest BCUT2D eigenvalue weighted by Gasteiger charge is -2.27. The minimum absolute atomic E-state index is 0.751. The highest BCUT2D eigenvalue weighted by molar-refractivity contribution is 5.40. The predicted octanol–water partition coefficient (Wildman–Crippen LogP) is 4.90. The summed E-state index contributed by atoms with van der Waals surface area (Å²) in [7, 11) is 0. The van der Waals surface area contributed by atoms with Gasteiger partial charge in [-0.2, -0.15) is 0 Å². The maximum Gasteiger partial charge on any atom is 0.0314 e. The summed E-state index contributed by atoms with van der Waals surface area (Å²) in [6, 6.07) is 8.46. The first-order chi connectivity index (χ1) is 8.79. The molecule has 1 aliphatic carbocycles. The van der Waals surface area contributed by atoms with Crippen LogP contribution in [0.2, 0.25) is 0 Å². The third-order valence-electron chi connectivity index (χ3n) is 4.04. The molecule has 1 aliphatic rings. The number of anilines is 1. The topological polar surface area (TPSA) is 26.0 Å². The highest BCUT2D eigenvalue weighted by atomic mass is 14.5. The molecule has 1 aromatic carbocycles. The summed E-state index contributed by atoms with van der Waals surface area (Å²) in [4.78, 5) is 0. The van der Waals surface area contributed by atoms with Crippen LogP contribution in [-0.4, -0.2) is 0 Å². The monoisotopic (exact) mass is 243 g/mol. The van der Waals surface area contributed by atoms with Crippen molar-refractivity contribution in [1.82, 2.24) is 0 Å². The van der Waals surface area contributed by atoms with E-state index in [0.717, 1.165) is 17.5 Å². The molecule has 0 saturated heterocycles. The fourth-order valence-corrected chi connectivity index (χ4v) is 2.87. The second kappa shape index (κ2) is 6.63. The van der Waals surface area contributed by atoms with Gasteiger partial charge in [0.25, 0.3) is 0 Å². The highest BCUT2D eigenvalue weighted by Gasteiger charge is 2.20. The number of hydrogen-bond acceptors (Lipinski definition) is 1. The number of allylic oxidation sites excluding steroid dienone is 2. The Morgan fingerprint density at radius 1 is 1.11 bits per heavy atom. The van der Waals surface area contributed by atoms with Crippen LogP contribution in [0.3, 0.4) is 0 Å². The molecule has 18 heavy (non-hydrogen) atoms. The van der Waals surface area contributed by atoms with E-state index in [4.69, 9.17) is 5.73 Å². The Morgan fingerprint density at radius 2 is 1.78 bits per heavy atom. The molecule has 1 aromatic rings. The van der Waals surface area contributed by atoms with E-state index >= 15 is 0 Å². The van der Waals surface area contributed by atoms with Crippen molar-refractivity contribution in [1.29, 1.82) is 0 Å². The molecule has 0 radical (unpaired) electrons. The Hall–Kier alpha value is -1.24. The summed E-state index contributed by atoms with van der Waals surface area (Å²) in [6.45, 7) is 2.24. The van der Waals surface area contributed by atoms with Crippen molar-refractivity contribution in [2.75, 3.05) is 5.73 Å². The Bertz CT molecular complexity index is 369. The quantitative estimate of drug-likeness (QED) is 0.591. The molecule has 0 heterocycles. The molecular formula is C17H25N. The average molecular weight is 243 g/mol. The van der Waals surface area contributed by atoms with Crippen molar-refractivity contribution in [2.24, 2.45) is 5.92 Å². The number of rotatable bonds is 4. The molecule has 0 spiro atoms. The van der Waals surface area contributed by atoms with E-state index < -0.39 is 0 Å². The maximum atomic E-state index is 5.74. The van der Waals surface area contributed by atoms with Crippen LogP contribution in [0.5, 0.6) is 0 Å². The van der Waals surface area contributed by atoms with Crippen molar-refractivity contribution in [3.63, 3.8) is 0 Å². The van der Waals surface area contributed by atoms with Gasteiger partial charge in [-0.25, -0.2) is 0 Å². The zero-order chi connectivity index (χ0) is 12.8. The number of nitrogens with two attached hydrogens (primary N) is 1. The van der Waals surface area contributed by atoms with E-state index in [-0.39, 0.29) is 0 Å². The van der Waals surface area contributed by atoms with Gasteiger partial charge in [-0.1, -0.05) is 37.6 Å². The van der Waals surface area contributed by atoms with Crippen LogP contribution in [0, 0.1) is 5.92 Å². The van der Waals surface area contributed by atoms with E-state index in [0.29, 0.717) is 0 Å². The molecule has 2 N–H and O–H groups in total. The third kappa shape index (κ3) is 3.63. The molecule has 1 nitrogen and oxygen atoms in total. The van der Waals surface area contributed by atoms with E-state index in [1.807, 2.05) is 12.1 Å². The first-order valence-corrected chi connectivity index (χ1v) is 7.31. The van der Waals surface area contributed by atoms with Gasteiger partial charge in [0.05, 0.1) is 0 Å². The summed E-state index contributed by atoms with van der Waals surface area (Å²) < 4.78 is 0. The third-order valence-corrected chi connectivity index (χ3v) is 4.04. The van der Waals surface area contributed by atoms with Gasteiger partial charge in [-0.05, 0) is 61.6 Å². The Balaban J connectivity index is 1.84. The Labute approximate surface area is 111 Å². The van der Waals surface area contributed by atoms with E-state index in [9.17, 15) is 0 Å². The summed E-state index contributed by atoms with van der Waals surface area (Å²) in [5.74, 6) is 1.57. The molecule has 98 valence electrons. The van der Waals surface area contributed by atoms with Crippen LogP contribution >= 0.6 is 0 Å². The zero-order valence-electron chi connectivity index (χ0n) is 11.4. The van der Waals surface area contributed by atoms with Crippen LogP contribution in [0.25, 0.3) is 0 Å². The fourth-order valence-electron chi connectivity index (χ4n) is 2.87. The van der Waals surface area contributed by atoms with Crippen molar-refractivity contribution < 1.29 is 0 Å². The molecule has 1 saturated carbocycles. The number of benzene rings is 1. The maximum absolute atomic E-state index is 5.74. The van der Waals surface area contributed by atoms with E-state index in [1.54, 1.807) is 0 Å². The fraction of sp³-hybridized carbons (Fsp3) is 0.529. The lowest BCUT2D eigenvalue weighted by molar-refractivity contribution is 0.375. The largest absolute Gasteiger partial charge is 0.399 e. The first-order valence-electron chi connectivity index (χ1n) is 7.31. The predicted molar refractivity (Wildman–Crippen MR) is 79.6 cm³/mol. The number of unbranched alkanes of at least 4 members (excludes halogenated alkanes) is 1. The molecule has 0 aromatic heterocycles. The highest BCUT2D eigenvalue weighted by Crippen LogP contribution is 2.36. The summed E-state index contributed by atoms with van der Waals surface area (Å²) in [6.07, 6.45) is 12.6. The molecule has 2 rings (SSSR count). The van der Waals surface area contributed by atoms with Gasteiger partial charge >= 0.3 is 0 Å². The van der Waals surface area contributed by atoms with Crippen molar-refractivity contribution in [2.45, 2.75) is 51.4 Å². The smallest absolute Gasteiger partial charge is 0.0314 e. The summed E-state index contributed by atoms with van der Waals surface area (Å²) >= 11 is 0. The van der Waals surface area contributed by atoms with E-state index in [2.05, 4.69) is 31.2 Å². The van der Waals surface area contributed by atoms with Gasteiger partial charge in [-0.15, -0.1) is 0 Å². The lowest BCUT2D eigenvalue weighted by atomic mass is 9.78. The molecule has 0 aliphatic heterocycles. The standard InChI is InChI=1S/C17H25N/c1-2-3-4-5-14-6-8-15(9-7-14)16-10-12-17(18)13-11-16/h4-5,10-15H,2-3,6-9,18H2,1H3.